The molecule has 15 rings (SSSR count). The van der Waals surface area contributed by atoms with Crippen molar-refractivity contribution >= 4 is 58.9 Å². The van der Waals surface area contributed by atoms with Crippen LogP contribution in [0.1, 0.15) is 295 Å². The molecule has 7 aromatic carbocycles. The van der Waals surface area contributed by atoms with Crippen molar-refractivity contribution in [2.45, 2.75) is 255 Å². The van der Waals surface area contributed by atoms with E-state index < -0.39 is 0 Å². The summed E-state index contributed by atoms with van der Waals surface area (Å²) in [5.74, 6) is 8.80. The van der Waals surface area contributed by atoms with E-state index in [1.165, 1.54) is 24.0 Å². The van der Waals surface area contributed by atoms with Gasteiger partial charge in [-0.2, -0.15) is 0 Å². The molecule has 8 atom stereocenters. The molecule has 0 bridgehead atoms. The second-order valence-corrected chi connectivity index (χ2v) is 35.5. The molecule has 8 aromatic rings. The van der Waals surface area contributed by atoms with E-state index in [0.29, 0.717) is 47.6 Å². The van der Waals surface area contributed by atoms with Crippen LogP contribution < -0.4 is 40.2 Å². The van der Waals surface area contributed by atoms with E-state index in [9.17, 15) is 38.4 Å². The molecular formula is C109H128ClN9O13. The number of hydrogen-bond donors (Lipinski definition) is 4. The zero-order valence-electron chi connectivity index (χ0n) is 77.9. The summed E-state index contributed by atoms with van der Waals surface area (Å²) in [6.07, 6.45) is 43.1. The number of fused-ring (bicyclic) bond motifs is 4. The van der Waals surface area contributed by atoms with E-state index >= 15 is 0 Å². The van der Waals surface area contributed by atoms with Crippen molar-refractivity contribution in [3.8, 4) is 60.0 Å². The third kappa shape index (κ3) is 23.9. The molecule has 3 aliphatic carbocycles. The summed E-state index contributed by atoms with van der Waals surface area (Å²) in [6, 6.07) is 50.0. The Balaban J connectivity index is 0.000000159. The number of methoxy groups -OCH3 is 5. The van der Waals surface area contributed by atoms with Gasteiger partial charge in [0.05, 0.1) is 59.2 Å². The number of benzene rings is 7. The minimum atomic E-state index is -0.360. The lowest BCUT2D eigenvalue weighted by Crippen LogP contribution is -2.48. The van der Waals surface area contributed by atoms with Crippen LogP contribution in [0.4, 0.5) is 0 Å². The van der Waals surface area contributed by atoms with Gasteiger partial charge < -0.3 is 64.6 Å². The van der Waals surface area contributed by atoms with Crippen LogP contribution in [0.5, 0.6) is 23.0 Å². The predicted molar refractivity (Wildman–Crippen MR) is 515 cm³/mol. The predicted octanol–water partition coefficient (Wildman–Crippen LogP) is 17.7. The van der Waals surface area contributed by atoms with E-state index in [0.717, 1.165) is 226 Å². The summed E-state index contributed by atoms with van der Waals surface area (Å²) in [4.78, 5) is 114. The van der Waals surface area contributed by atoms with Crippen LogP contribution in [0.15, 0.2) is 164 Å². The summed E-state index contributed by atoms with van der Waals surface area (Å²) in [5, 5.41) is 12.0. The minimum Gasteiger partial charge on any atom is -0.497 e. The number of pyridine rings is 1. The Bertz CT molecular complexity index is 5270. The maximum atomic E-state index is 13.1. The number of halogens is 1. The Kier molecular flexibility index (Phi) is 35.9. The minimum absolute atomic E-state index is 0.00451. The molecule has 23 heteroatoms. The Hall–Kier alpha value is -12.4. The first kappa shape index (κ1) is 98.6. The summed E-state index contributed by atoms with van der Waals surface area (Å²) in [7, 11) is 8.24. The lowest BCUT2D eigenvalue weighted by molar-refractivity contribution is -0.134. The lowest BCUT2D eigenvalue weighted by Gasteiger charge is -2.44. The van der Waals surface area contributed by atoms with Crippen LogP contribution >= 0.6 is 11.6 Å². The van der Waals surface area contributed by atoms with E-state index in [4.69, 9.17) is 54.6 Å². The van der Waals surface area contributed by atoms with Crippen LogP contribution in [-0.2, 0) is 49.6 Å². The highest BCUT2D eigenvalue weighted by Gasteiger charge is 2.44. The highest BCUT2D eigenvalue weighted by molar-refractivity contribution is 6.27. The fourth-order valence-electron chi connectivity index (χ4n) is 19.0. The van der Waals surface area contributed by atoms with Gasteiger partial charge in [0.15, 0.2) is 0 Å². The first-order chi connectivity index (χ1) is 64.2. The number of unbranched alkanes of at least 4 members (excludes halogenated alkanes) is 4. The number of terminal acetylenes is 3. The topological polar surface area (TPSA) is 257 Å². The number of amides is 8. The Labute approximate surface area is 784 Å². The highest BCUT2D eigenvalue weighted by atomic mass is 35.5. The van der Waals surface area contributed by atoms with Gasteiger partial charge in [-0.25, -0.2) is 0 Å². The molecule has 0 unspecified atom stereocenters. The second kappa shape index (κ2) is 48.1. The Morgan fingerprint density at radius 3 is 0.955 bits per heavy atom. The molecule has 7 aliphatic rings. The molecule has 3 fully saturated rings. The molecule has 694 valence electrons. The molecule has 1 aromatic heterocycles. The van der Waals surface area contributed by atoms with Crippen LogP contribution in [0.25, 0.3) is 0 Å². The van der Waals surface area contributed by atoms with Gasteiger partial charge in [0.1, 0.15) is 34.6 Å². The largest absolute Gasteiger partial charge is 0.497 e. The zero-order valence-corrected chi connectivity index (χ0v) is 78.6. The molecule has 132 heavy (non-hydrogen) atoms. The highest BCUT2D eigenvalue weighted by Crippen LogP contribution is 2.47. The molecule has 4 aliphatic heterocycles. The van der Waals surface area contributed by atoms with Crippen molar-refractivity contribution in [1.82, 2.24) is 45.9 Å². The maximum absolute atomic E-state index is 13.1. The Morgan fingerprint density at radius 1 is 0.386 bits per heavy atom. The number of hydrogen-bond acceptors (Lipinski definition) is 14. The van der Waals surface area contributed by atoms with Gasteiger partial charge in [0, 0.05) is 78.8 Å². The fraction of sp³-hybridized carbons (Fsp3) is 0.440. The van der Waals surface area contributed by atoms with Crippen molar-refractivity contribution in [3.63, 3.8) is 0 Å². The van der Waals surface area contributed by atoms with Gasteiger partial charge in [-0.1, -0.05) is 146 Å². The number of ether oxygens (including phenoxy) is 5. The molecule has 8 amide bonds. The second-order valence-electron chi connectivity index (χ2n) is 35.3. The third-order valence-electron chi connectivity index (χ3n) is 26.8. The molecular weight excluding hydrogens is 1680 g/mol. The molecule has 3 saturated carbocycles. The molecule has 5 heterocycles. The van der Waals surface area contributed by atoms with Gasteiger partial charge in [0.25, 0.3) is 41.4 Å². The average Bonchev–Trinajstić information content (AvgIpc) is 0.770. The smallest absolute Gasteiger partial charge is 0.299 e. The van der Waals surface area contributed by atoms with Gasteiger partial charge in [-0.05, 0) is 285 Å². The molecule has 4 N–H and O–H groups in total. The van der Waals surface area contributed by atoms with Crippen molar-refractivity contribution in [1.29, 1.82) is 0 Å². The van der Waals surface area contributed by atoms with Crippen LogP contribution in [0.3, 0.4) is 0 Å². The zero-order chi connectivity index (χ0) is 93.9. The van der Waals surface area contributed by atoms with E-state index in [1.807, 2.05) is 135 Å². The van der Waals surface area contributed by atoms with E-state index in [2.05, 4.69) is 96.0 Å². The van der Waals surface area contributed by atoms with Crippen molar-refractivity contribution in [3.05, 3.63) is 253 Å². The molecule has 0 saturated heterocycles. The normalized spacial score (nSPS) is 19.1. The fourth-order valence-corrected chi connectivity index (χ4v) is 19.1. The lowest BCUT2D eigenvalue weighted by atomic mass is 9.82. The molecule has 22 nitrogen and oxygen atoms in total. The van der Waals surface area contributed by atoms with E-state index in [1.54, 1.807) is 59.9 Å². The van der Waals surface area contributed by atoms with Crippen LogP contribution in [0.2, 0.25) is 0 Å². The van der Waals surface area contributed by atoms with E-state index in [-0.39, 0.29) is 108 Å². The van der Waals surface area contributed by atoms with Gasteiger partial charge in [0.2, 0.25) is 5.91 Å². The standard InChI is InChI=1S/C28H32N2O3.C27H33ClN2O3.C27H31N3O3.C27H32N2O4/c1-4-6-10-23-17-21-18-24(33-3)15-16-25(21)27(30(23)26(31)5-2)19-11-13-20(14-12-19)28(32)29-22-8-7-9-22;1-3-4-8-22-15-20-16-23(33-2)13-14-24(20)26(30(22)25(31)17-28)18-9-11-19(12-10-18)27(32)29-21-6-5-7-21;1-4-6-10-21-15-19-16-22(33-3)12-13-23(19)26(30(21)25(31)5-2)18-11-14-24(28-17-18)27(32)29-20-8-7-9-20;1-5-7-8-22-17-21-18-23(33-4)13-14-24(21)26(29(22)25(30)6-2)19-9-11-20(12-10-19)27(31)28-15-16-32-3/h2,11-16,18,22-23,27H,4,6-10,17H2,1,3H3,(H,29,32);9-14,16,21-22,26H,3-8,15,17H2,1-2H3,(H,29,32);2,11-14,16-17,20-21,26H,4,6-10,15H2,1,3H3,(H,29,32);2,9-14,18,22,26H,5,7-8,15-17H2,1,3-4H3,(H,28,31)/t23-,27-;22-,26-;21-,26-;22-,26-/m0000/s1. The molecule has 0 spiro atoms. The Morgan fingerprint density at radius 2 is 0.682 bits per heavy atom. The number of alkyl halides is 1. The first-order valence-electron chi connectivity index (χ1n) is 47.1. The van der Waals surface area contributed by atoms with Crippen molar-refractivity contribution in [2.75, 3.05) is 54.6 Å². The number of aromatic nitrogens is 1. The number of carbonyl (C=O) groups excluding carboxylic acids is 8. The van der Waals surface area contributed by atoms with Crippen molar-refractivity contribution in [2.24, 2.45) is 0 Å². The van der Waals surface area contributed by atoms with Gasteiger partial charge in [-0.3, -0.25) is 43.3 Å². The quantitative estimate of drug-likeness (QED) is 0.0179. The monoisotopic (exact) mass is 1810 g/mol. The number of carbonyl (C=O) groups is 8. The average molecular weight is 1810 g/mol. The van der Waals surface area contributed by atoms with Crippen LogP contribution in [-0.4, -0.2) is 169 Å². The SMILES string of the molecule is C#CC(=O)N1[C@@H](CCCC)Cc2cc(OC)ccc2[C@@H]1c1ccc(C(=O)NC2CCC2)cc1.C#CC(=O)N1[C@@H](CCCC)Cc2cc(OC)ccc2[C@@H]1c1ccc(C(=O)NC2CCC2)nc1.C#CC(=O)N1[C@@H](CCCC)Cc2cc(OC)ccc2[C@@H]1c1ccc(C(=O)NCCOC)cc1.CCCC[C@H]1Cc2cc(OC)ccc2[C@H](c2ccc(C(=O)NC3CCC3)cc2)N1C(=O)CCl. The summed E-state index contributed by atoms with van der Waals surface area (Å²) >= 11 is 6.08. The number of nitrogens with one attached hydrogen (secondary N) is 4. The number of nitrogens with zero attached hydrogens (tertiary/aromatic N) is 5. The molecule has 0 radical (unpaired) electrons. The number of rotatable bonds is 31. The van der Waals surface area contributed by atoms with Gasteiger partial charge in [-0.15, -0.1) is 30.9 Å². The van der Waals surface area contributed by atoms with Gasteiger partial charge >= 0.3 is 0 Å². The maximum Gasteiger partial charge on any atom is 0.299 e. The summed E-state index contributed by atoms with van der Waals surface area (Å²) in [6.45, 7) is 9.49. The first-order valence-corrected chi connectivity index (χ1v) is 47.6. The third-order valence-corrected chi connectivity index (χ3v) is 27.1. The summed E-state index contributed by atoms with van der Waals surface area (Å²) < 4.78 is 26.8. The van der Waals surface area contributed by atoms with Crippen molar-refractivity contribution < 1.29 is 62.0 Å². The van der Waals surface area contributed by atoms with Crippen LogP contribution in [0, 0.1) is 37.0 Å². The summed E-state index contributed by atoms with van der Waals surface area (Å²) in [5.41, 5.74) is 14.8.